The van der Waals surface area contributed by atoms with Crippen LogP contribution >= 0.6 is 0 Å². The summed E-state index contributed by atoms with van der Waals surface area (Å²) in [5.41, 5.74) is 3.64. The Kier molecular flexibility index (Phi) is 4.59. The molecule has 1 heterocycles. The Hall–Kier alpha value is -2.07. The van der Waals surface area contributed by atoms with E-state index in [0.717, 1.165) is 11.2 Å². The maximum absolute atomic E-state index is 12.1. The van der Waals surface area contributed by atoms with Gasteiger partial charge in [-0.3, -0.25) is 4.79 Å². The van der Waals surface area contributed by atoms with Crippen LogP contribution in [0.5, 0.6) is 0 Å². The summed E-state index contributed by atoms with van der Waals surface area (Å²) in [6.07, 6.45) is 6.97. The van der Waals surface area contributed by atoms with Crippen LogP contribution in [-0.4, -0.2) is 12.8 Å². The average Bonchev–Trinajstić information content (AvgIpc) is 2.81. The molecule has 2 rings (SSSR count). The number of amides is 1. The molecule has 0 bridgehead atoms. The molecule has 0 saturated heterocycles. The molecular formula is C16H18BNO2. The molecule has 20 heavy (non-hydrogen) atoms. The Morgan fingerprint density at radius 3 is 3.00 bits per heavy atom. The van der Waals surface area contributed by atoms with Crippen LogP contribution in [0.3, 0.4) is 0 Å². The third kappa shape index (κ3) is 3.09. The van der Waals surface area contributed by atoms with Crippen molar-refractivity contribution in [3.63, 3.8) is 0 Å². The molecule has 0 radical (unpaired) electrons. The standard InChI is InChI=1S/C16H18BNO2/c1-4-6-7-12(5-2)16(19)18-14-9-8-13-11-20-17(3)15(13)10-14/h4-10H,2,11H2,1,3H3,(H,18,19). The lowest BCUT2D eigenvalue weighted by Crippen LogP contribution is -2.25. The van der Waals surface area contributed by atoms with E-state index in [1.807, 2.05) is 44.1 Å². The molecule has 1 N–H and O–H groups in total. The Balaban J connectivity index is 2.16. The van der Waals surface area contributed by atoms with Gasteiger partial charge >= 0.3 is 6.92 Å². The summed E-state index contributed by atoms with van der Waals surface area (Å²) < 4.78 is 5.56. The quantitative estimate of drug-likeness (QED) is 0.517. The van der Waals surface area contributed by atoms with Gasteiger partial charge in [0.25, 0.3) is 5.91 Å². The molecule has 0 aliphatic carbocycles. The molecule has 0 spiro atoms. The van der Waals surface area contributed by atoms with Gasteiger partial charge in [-0.1, -0.05) is 37.7 Å². The van der Waals surface area contributed by atoms with Gasteiger partial charge in [-0.05, 0) is 36.2 Å². The van der Waals surface area contributed by atoms with Crippen molar-refractivity contribution in [1.29, 1.82) is 0 Å². The van der Waals surface area contributed by atoms with Crippen molar-refractivity contribution < 1.29 is 9.45 Å². The molecule has 0 fully saturated rings. The van der Waals surface area contributed by atoms with Gasteiger partial charge in [-0.25, -0.2) is 0 Å². The van der Waals surface area contributed by atoms with Crippen LogP contribution in [0.4, 0.5) is 5.69 Å². The Morgan fingerprint density at radius 2 is 2.30 bits per heavy atom. The zero-order valence-electron chi connectivity index (χ0n) is 11.8. The first kappa shape index (κ1) is 14.3. The highest BCUT2D eigenvalue weighted by atomic mass is 16.4. The highest BCUT2D eigenvalue weighted by Crippen LogP contribution is 2.16. The summed E-state index contributed by atoms with van der Waals surface area (Å²) in [6.45, 7) is 8.30. The van der Waals surface area contributed by atoms with Gasteiger partial charge in [-0.15, -0.1) is 0 Å². The second kappa shape index (κ2) is 6.39. The topological polar surface area (TPSA) is 38.3 Å². The summed E-state index contributed by atoms with van der Waals surface area (Å²) in [7, 11) is 0. The minimum absolute atomic E-state index is 0.0827. The van der Waals surface area contributed by atoms with Gasteiger partial charge < -0.3 is 9.97 Å². The number of rotatable bonds is 4. The number of carbonyl (C=O) groups is 1. The molecule has 1 aliphatic heterocycles. The Labute approximate surface area is 120 Å². The van der Waals surface area contributed by atoms with E-state index in [2.05, 4.69) is 11.9 Å². The lowest BCUT2D eigenvalue weighted by atomic mass is 9.64. The number of anilines is 1. The molecule has 1 amide bonds. The second-order valence-corrected chi connectivity index (χ2v) is 4.67. The largest absolute Gasteiger partial charge is 0.427 e. The van der Waals surface area contributed by atoms with Crippen molar-refractivity contribution in [2.45, 2.75) is 20.4 Å². The van der Waals surface area contributed by atoms with E-state index < -0.39 is 0 Å². The fraction of sp³-hybridized carbons (Fsp3) is 0.188. The van der Waals surface area contributed by atoms with Gasteiger partial charge in [0, 0.05) is 11.3 Å². The fourth-order valence-corrected chi connectivity index (χ4v) is 2.13. The van der Waals surface area contributed by atoms with Crippen LogP contribution in [0.15, 0.2) is 54.7 Å². The lowest BCUT2D eigenvalue weighted by molar-refractivity contribution is -0.112. The summed E-state index contributed by atoms with van der Waals surface area (Å²) in [5.74, 6) is -0.162. The number of benzene rings is 1. The zero-order chi connectivity index (χ0) is 14.5. The van der Waals surface area contributed by atoms with Gasteiger partial charge in [-0.2, -0.15) is 0 Å². The van der Waals surface area contributed by atoms with Crippen LogP contribution in [0.1, 0.15) is 12.5 Å². The summed E-state index contributed by atoms with van der Waals surface area (Å²) in [4.78, 5) is 12.1. The van der Waals surface area contributed by atoms with E-state index in [1.165, 1.54) is 5.56 Å². The van der Waals surface area contributed by atoms with E-state index in [9.17, 15) is 4.79 Å². The van der Waals surface area contributed by atoms with Gasteiger partial charge in [0.1, 0.15) is 0 Å². The monoisotopic (exact) mass is 267 g/mol. The van der Waals surface area contributed by atoms with E-state index in [1.54, 1.807) is 12.2 Å². The van der Waals surface area contributed by atoms with Crippen molar-refractivity contribution in [2.75, 3.05) is 5.32 Å². The second-order valence-electron chi connectivity index (χ2n) is 4.67. The van der Waals surface area contributed by atoms with E-state index >= 15 is 0 Å². The van der Waals surface area contributed by atoms with Crippen LogP contribution in [0, 0.1) is 0 Å². The van der Waals surface area contributed by atoms with Crippen molar-refractivity contribution in [1.82, 2.24) is 0 Å². The number of carbonyl (C=O) groups excluding carboxylic acids is 1. The normalized spacial score (nSPS) is 14.5. The number of fused-ring (bicyclic) bond motifs is 1. The first-order chi connectivity index (χ1) is 9.65. The van der Waals surface area contributed by atoms with Crippen molar-refractivity contribution in [3.05, 3.63) is 60.2 Å². The summed E-state index contributed by atoms with van der Waals surface area (Å²) in [6, 6.07) is 5.87. The molecular weight excluding hydrogens is 249 g/mol. The van der Waals surface area contributed by atoms with Crippen LogP contribution < -0.4 is 10.8 Å². The Morgan fingerprint density at radius 1 is 1.50 bits per heavy atom. The molecule has 4 heteroatoms. The fourth-order valence-electron chi connectivity index (χ4n) is 2.13. The van der Waals surface area contributed by atoms with Gasteiger partial charge in [0.2, 0.25) is 0 Å². The Bertz CT molecular complexity index is 590. The smallest absolute Gasteiger partial charge is 0.324 e. The predicted octanol–water partition coefficient (Wildman–Crippen LogP) is 2.67. The predicted molar refractivity (Wildman–Crippen MR) is 84.2 cm³/mol. The molecule has 0 aromatic heterocycles. The minimum Gasteiger partial charge on any atom is -0.427 e. The van der Waals surface area contributed by atoms with Crippen LogP contribution in [-0.2, 0) is 16.1 Å². The highest BCUT2D eigenvalue weighted by molar-refractivity contribution is 6.67. The molecule has 3 nitrogen and oxygen atoms in total. The number of hydrogen-bond acceptors (Lipinski definition) is 2. The molecule has 0 saturated carbocycles. The lowest BCUT2D eigenvalue weighted by Gasteiger charge is -2.08. The van der Waals surface area contributed by atoms with Crippen molar-refractivity contribution in [3.8, 4) is 0 Å². The molecule has 0 unspecified atom stereocenters. The SMILES string of the molecule is C=CC(=CC=CC)C(=O)Nc1ccc2c(c1)B(C)OC2. The van der Waals surface area contributed by atoms with Gasteiger partial charge in [0.15, 0.2) is 0 Å². The van der Waals surface area contributed by atoms with Crippen LogP contribution in [0.2, 0.25) is 6.82 Å². The average molecular weight is 267 g/mol. The van der Waals surface area contributed by atoms with E-state index in [0.29, 0.717) is 12.2 Å². The summed E-state index contributed by atoms with van der Waals surface area (Å²) in [5, 5.41) is 2.88. The minimum atomic E-state index is -0.162. The third-order valence-corrected chi connectivity index (χ3v) is 3.28. The molecule has 0 atom stereocenters. The van der Waals surface area contributed by atoms with E-state index in [4.69, 9.17) is 4.65 Å². The number of nitrogens with one attached hydrogen (secondary N) is 1. The van der Waals surface area contributed by atoms with Crippen molar-refractivity contribution >= 4 is 24.0 Å². The molecule has 102 valence electrons. The van der Waals surface area contributed by atoms with Crippen LogP contribution in [0.25, 0.3) is 0 Å². The maximum atomic E-state index is 12.1. The number of hydrogen-bond donors (Lipinski definition) is 1. The summed E-state index contributed by atoms with van der Waals surface area (Å²) >= 11 is 0. The number of allylic oxidation sites excluding steroid dienone is 3. The molecule has 1 aromatic carbocycles. The molecule has 1 aromatic rings. The van der Waals surface area contributed by atoms with Gasteiger partial charge in [0.05, 0.1) is 6.61 Å². The van der Waals surface area contributed by atoms with E-state index in [-0.39, 0.29) is 12.8 Å². The molecule has 1 aliphatic rings. The first-order valence-corrected chi connectivity index (χ1v) is 6.67. The maximum Gasteiger partial charge on any atom is 0.324 e. The highest BCUT2D eigenvalue weighted by Gasteiger charge is 2.23. The van der Waals surface area contributed by atoms with Crippen molar-refractivity contribution in [2.24, 2.45) is 0 Å². The zero-order valence-corrected chi connectivity index (χ0v) is 11.8. The third-order valence-electron chi connectivity index (χ3n) is 3.28. The first-order valence-electron chi connectivity index (χ1n) is 6.67.